The van der Waals surface area contributed by atoms with E-state index in [0.717, 1.165) is 16.7 Å². The van der Waals surface area contributed by atoms with Crippen molar-refractivity contribution in [1.82, 2.24) is 0 Å². The van der Waals surface area contributed by atoms with Crippen LogP contribution in [0.5, 0.6) is 0 Å². The van der Waals surface area contributed by atoms with E-state index in [1.807, 2.05) is 26.8 Å². The Kier molecular flexibility index (Phi) is 4.28. The van der Waals surface area contributed by atoms with E-state index in [2.05, 4.69) is 0 Å². The van der Waals surface area contributed by atoms with Gasteiger partial charge in [-0.15, -0.1) is 0 Å². The molecule has 0 amide bonds. The maximum absolute atomic E-state index is 12.3. The highest BCUT2D eigenvalue weighted by molar-refractivity contribution is 6.09. The SMILES string of the molecule is Cc1ccc(C(=O)C(C(=O)O)C(C)C)c(C)c1C. The molecule has 18 heavy (non-hydrogen) atoms. The molecular weight excluding hydrogens is 228 g/mol. The third-order valence-electron chi connectivity index (χ3n) is 3.54. The molecule has 1 aromatic rings. The second-order valence-electron chi connectivity index (χ2n) is 5.10. The maximum atomic E-state index is 12.3. The van der Waals surface area contributed by atoms with Crippen molar-refractivity contribution in [3.63, 3.8) is 0 Å². The van der Waals surface area contributed by atoms with Crippen LogP contribution in [0.4, 0.5) is 0 Å². The molecule has 0 heterocycles. The van der Waals surface area contributed by atoms with Crippen molar-refractivity contribution >= 4 is 11.8 Å². The Bertz CT molecular complexity index is 487. The lowest BCUT2D eigenvalue weighted by Gasteiger charge is -2.17. The largest absolute Gasteiger partial charge is 0.481 e. The molecule has 0 aliphatic rings. The summed E-state index contributed by atoms with van der Waals surface area (Å²) in [7, 11) is 0. The number of aliphatic carboxylic acids is 1. The fraction of sp³-hybridized carbons (Fsp3) is 0.467. The zero-order valence-corrected chi connectivity index (χ0v) is 11.6. The van der Waals surface area contributed by atoms with Gasteiger partial charge in [0, 0.05) is 5.56 Å². The van der Waals surface area contributed by atoms with Gasteiger partial charge < -0.3 is 5.11 Å². The number of carboxylic acid groups (broad SMARTS) is 1. The van der Waals surface area contributed by atoms with E-state index in [1.165, 1.54) is 0 Å². The van der Waals surface area contributed by atoms with Crippen LogP contribution in [0.2, 0.25) is 0 Å². The summed E-state index contributed by atoms with van der Waals surface area (Å²) < 4.78 is 0. The van der Waals surface area contributed by atoms with Crippen LogP contribution in [-0.4, -0.2) is 16.9 Å². The minimum absolute atomic E-state index is 0.212. The van der Waals surface area contributed by atoms with Crippen molar-refractivity contribution in [3.05, 3.63) is 34.4 Å². The Hall–Kier alpha value is -1.64. The molecule has 0 saturated carbocycles. The second kappa shape index (κ2) is 5.34. The van der Waals surface area contributed by atoms with Gasteiger partial charge in [0.2, 0.25) is 0 Å². The zero-order valence-electron chi connectivity index (χ0n) is 11.6. The minimum atomic E-state index is -1.05. The number of carbonyl (C=O) groups excluding carboxylic acids is 1. The number of hydrogen-bond donors (Lipinski definition) is 1. The summed E-state index contributed by atoms with van der Waals surface area (Å²) in [5.41, 5.74) is 3.57. The number of Topliss-reactive ketones (excluding diaryl/α,β-unsaturated/α-hetero) is 1. The molecule has 0 fully saturated rings. The van der Waals surface area contributed by atoms with Gasteiger partial charge >= 0.3 is 5.97 Å². The van der Waals surface area contributed by atoms with Crippen molar-refractivity contribution in [2.24, 2.45) is 11.8 Å². The lowest BCUT2D eigenvalue weighted by Crippen LogP contribution is -2.29. The predicted molar refractivity (Wildman–Crippen MR) is 70.9 cm³/mol. The second-order valence-corrected chi connectivity index (χ2v) is 5.10. The fourth-order valence-electron chi connectivity index (χ4n) is 2.09. The van der Waals surface area contributed by atoms with Gasteiger partial charge in [-0.25, -0.2) is 0 Å². The third kappa shape index (κ3) is 2.61. The highest BCUT2D eigenvalue weighted by atomic mass is 16.4. The number of benzene rings is 1. The van der Waals surface area contributed by atoms with Gasteiger partial charge in [-0.05, 0) is 43.4 Å². The Morgan fingerprint density at radius 3 is 2.06 bits per heavy atom. The van der Waals surface area contributed by atoms with Crippen molar-refractivity contribution in [1.29, 1.82) is 0 Å². The van der Waals surface area contributed by atoms with E-state index < -0.39 is 11.9 Å². The van der Waals surface area contributed by atoms with Gasteiger partial charge in [0.1, 0.15) is 5.92 Å². The summed E-state index contributed by atoms with van der Waals surface area (Å²) in [5.74, 6) is -2.52. The van der Waals surface area contributed by atoms with Gasteiger partial charge in [-0.3, -0.25) is 9.59 Å². The fourth-order valence-corrected chi connectivity index (χ4v) is 2.09. The lowest BCUT2D eigenvalue weighted by atomic mass is 9.85. The van der Waals surface area contributed by atoms with Gasteiger partial charge in [-0.1, -0.05) is 26.0 Å². The monoisotopic (exact) mass is 248 g/mol. The Balaban J connectivity index is 3.26. The van der Waals surface area contributed by atoms with E-state index in [1.54, 1.807) is 19.9 Å². The van der Waals surface area contributed by atoms with Crippen LogP contribution in [0, 0.1) is 32.6 Å². The van der Waals surface area contributed by atoms with E-state index in [-0.39, 0.29) is 11.7 Å². The van der Waals surface area contributed by atoms with Gasteiger partial charge in [0.05, 0.1) is 0 Å². The van der Waals surface area contributed by atoms with E-state index >= 15 is 0 Å². The number of ketones is 1. The summed E-state index contributed by atoms with van der Waals surface area (Å²) >= 11 is 0. The molecular formula is C15H20O3. The third-order valence-corrected chi connectivity index (χ3v) is 3.54. The van der Waals surface area contributed by atoms with Crippen LogP contribution in [0.15, 0.2) is 12.1 Å². The van der Waals surface area contributed by atoms with Crippen molar-refractivity contribution in [2.45, 2.75) is 34.6 Å². The summed E-state index contributed by atoms with van der Waals surface area (Å²) in [6, 6.07) is 3.60. The Morgan fingerprint density at radius 2 is 1.61 bits per heavy atom. The van der Waals surface area contributed by atoms with Crippen LogP contribution < -0.4 is 0 Å². The molecule has 1 rings (SSSR count). The number of rotatable bonds is 4. The average molecular weight is 248 g/mol. The van der Waals surface area contributed by atoms with Crippen molar-refractivity contribution < 1.29 is 14.7 Å². The predicted octanol–water partition coefficient (Wildman–Crippen LogP) is 3.15. The summed E-state index contributed by atoms with van der Waals surface area (Å²) in [6.45, 7) is 9.31. The van der Waals surface area contributed by atoms with Crippen LogP contribution in [0.3, 0.4) is 0 Å². The summed E-state index contributed by atoms with van der Waals surface area (Å²) in [5, 5.41) is 9.17. The molecule has 1 unspecified atom stereocenters. The number of hydrogen-bond acceptors (Lipinski definition) is 2. The van der Waals surface area contributed by atoms with Crippen LogP contribution >= 0.6 is 0 Å². The van der Waals surface area contributed by atoms with Gasteiger partial charge in [0.15, 0.2) is 5.78 Å². The van der Waals surface area contributed by atoms with E-state index in [4.69, 9.17) is 5.11 Å². The lowest BCUT2D eigenvalue weighted by molar-refractivity contribution is -0.141. The molecule has 3 nitrogen and oxygen atoms in total. The summed E-state index contributed by atoms with van der Waals surface area (Å²) in [4.78, 5) is 23.5. The van der Waals surface area contributed by atoms with Crippen LogP contribution in [0.1, 0.15) is 40.9 Å². The van der Waals surface area contributed by atoms with E-state index in [9.17, 15) is 9.59 Å². The molecule has 1 atom stereocenters. The molecule has 0 radical (unpaired) electrons. The first-order chi connectivity index (χ1) is 8.27. The molecule has 0 aromatic heterocycles. The van der Waals surface area contributed by atoms with Gasteiger partial charge in [0.25, 0.3) is 0 Å². The first-order valence-corrected chi connectivity index (χ1v) is 6.11. The molecule has 1 N–H and O–H groups in total. The first kappa shape index (κ1) is 14.4. The van der Waals surface area contributed by atoms with Gasteiger partial charge in [-0.2, -0.15) is 0 Å². The van der Waals surface area contributed by atoms with Crippen molar-refractivity contribution in [2.75, 3.05) is 0 Å². The highest BCUT2D eigenvalue weighted by Crippen LogP contribution is 2.23. The molecule has 0 spiro atoms. The van der Waals surface area contributed by atoms with Crippen LogP contribution in [0.25, 0.3) is 0 Å². The quantitative estimate of drug-likeness (QED) is 0.657. The number of carboxylic acids is 1. The minimum Gasteiger partial charge on any atom is -0.481 e. The normalized spacial score (nSPS) is 12.6. The Labute approximate surface area is 108 Å². The highest BCUT2D eigenvalue weighted by Gasteiger charge is 2.31. The van der Waals surface area contributed by atoms with Crippen molar-refractivity contribution in [3.8, 4) is 0 Å². The first-order valence-electron chi connectivity index (χ1n) is 6.11. The standard InChI is InChI=1S/C15H20O3/c1-8(2)13(15(17)18)14(16)12-7-6-9(3)10(4)11(12)5/h6-8,13H,1-5H3,(H,17,18). The number of aryl methyl sites for hydroxylation is 1. The molecule has 3 heteroatoms. The zero-order chi connectivity index (χ0) is 14.0. The maximum Gasteiger partial charge on any atom is 0.314 e. The molecule has 0 bridgehead atoms. The molecule has 0 aliphatic heterocycles. The molecule has 0 aliphatic carbocycles. The Morgan fingerprint density at radius 1 is 1.06 bits per heavy atom. The average Bonchev–Trinajstić information content (AvgIpc) is 2.24. The summed E-state index contributed by atoms with van der Waals surface area (Å²) in [6.07, 6.45) is 0. The topological polar surface area (TPSA) is 54.4 Å². The van der Waals surface area contributed by atoms with E-state index in [0.29, 0.717) is 5.56 Å². The molecule has 1 aromatic carbocycles. The molecule has 98 valence electrons. The smallest absolute Gasteiger partial charge is 0.314 e. The molecule has 0 saturated heterocycles. The number of carbonyl (C=O) groups is 2. The van der Waals surface area contributed by atoms with Crippen LogP contribution in [-0.2, 0) is 4.79 Å².